The van der Waals surface area contributed by atoms with Gasteiger partial charge in [-0.25, -0.2) is 18.4 Å². The molecule has 0 unspecified atom stereocenters. The molecule has 3 aromatic carbocycles. The van der Waals surface area contributed by atoms with Gasteiger partial charge in [0.1, 0.15) is 12.1 Å². The van der Waals surface area contributed by atoms with Crippen molar-refractivity contribution in [3.63, 3.8) is 0 Å². The summed E-state index contributed by atoms with van der Waals surface area (Å²) >= 11 is 0. The van der Waals surface area contributed by atoms with Gasteiger partial charge in [0.25, 0.3) is 0 Å². The van der Waals surface area contributed by atoms with Gasteiger partial charge in [0, 0.05) is 23.3 Å². The Morgan fingerprint density at radius 2 is 1.71 bits per heavy atom. The summed E-state index contributed by atoms with van der Waals surface area (Å²) in [6.07, 6.45) is 4.61. The van der Waals surface area contributed by atoms with Crippen LogP contribution in [0.5, 0.6) is 5.75 Å². The molecule has 0 aliphatic carbocycles. The number of pyridine rings is 1. The highest BCUT2D eigenvalue weighted by Gasteiger charge is 2.18. The van der Waals surface area contributed by atoms with E-state index in [2.05, 4.69) is 46.1 Å². The van der Waals surface area contributed by atoms with Crippen LogP contribution in [0.25, 0.3) is 33.2 Å². The standard InChI is InChI=1S/C28H23N3O3S/c1-19-14-21(20-4-3-5-24(15-20)34-2)6-8-26(19)28-27-9-7-25(16-22(27)10-13-30-28)35(32,33)17-23-11-12-29-18-31-23/h3-16,18H,17H2,1-2H3. The molecule has 0 spiro atoms. The van der Waals surface area contributed by atoms with Gasteiger partial charge in [-0.05, 0) is 65.4 Å². The first-order valence-electron chi connectivity index (χ1n) is 11.1. The van der Waals surface area contributed by atoms with Gasteiger partial charge in [-0.15, -0.1) is 0 Å². The molecule has 0 saturated heterocycles. The lowest BCUT2D eigenvalue weighted by molar-refractivity contribution is 0.415. The summed E-state index contributed by atoms with van der Waals surface area (Å²) in [6.45, 7) is 2.06. The summed E-state index contributed by atoms with van der Waals surface area (Å²) in [5.74, 6) is 0.634. The van der Waals surface area contributed by atoms with E-state index in [9.17, 15) is 8.42 Å². The molecule has 2 heterocycles. The largest absolute Gasteiger partial charge is 0.497 e. The first-order chi connectivity index (χ1) is 16.9. The normalized spacial score (nSPS) is 11.5. The molecule has 5 aromatic rings. The van der Waals surface area contributed by atoms with Gasteiger partial charge in [-0.2, -0.15) is 0 Å². The summed E-state index contributed by atoms with van der Waals surface area (Å²) in [7, 11) is -1.89. The van der Waals surface area contributed by atoms with Crippen LogP contribution in [0.4, 0.5) is 0 Å². The number of sulfone groups is 1. The molecule has 0 aliphatic rings. The Kier molecular flexibility index (Phi) is 6.01. The van der Waals surface area contributed by atoms with Crippen LogP contribution in [0.1, 0.15) is 11.3 Å². The number of benzene rings is 3. The second-order valence-electron chi connectivity index (χ2n) is 8.26. The lowest BCUT2D eigenvalue weighted by Gasteiger charge is -2.12. The third-order valence-corrected chi connectivity index (χ3v) is 7.61. The molecular formula is C28H23N3O3S. The highest BCUT2D eigenvalue weighted by molar-refractivity contribution is 7.90. The highest BCUT2D eigenvalue weighted by Crippen LogP contribution is 2.33. The Morgan fingerprint density at radius 3 is 2.49 bits per heavy atom. The molecule has 2 aromatic heterocycles. The van der Waals surface area contributed by atoms with Crippen molar-refractivity contribution in [2.24, 2.45) is 0 Å². The van der Waals surface area contributed by atoms with Crippen LogP contribution >= 0.6 is 0 Å². The van der Waals surface area contributed by atoms with Gasteiger partial charge in [0.15, 0.2) is 9.84 Å². The van der Waals surface area contributed by atoms with E-state index in [-0.39, 0.29) is 10.6 Å². The Labute approximate surface area is 204 Å². The second-order valence-corrected chi connectivity index (χ2v) is 10.3. The van der Waals surface area contributed by atoms with E-state index in [1.54, 1.807) is 31.5 Å². The topological polar surface area (TPSA) is 82.0 Å². The molecule has 0 N–H and O–H groups in total. The fourth-order valence-corrected chi connectivity index (χ4v) is 5.47. The van der Waals surface area contributed by atoms with Crippen LogP contribution in [-0.2, 0) is 15.6 Å². The fourth-order valence-electron chi connectivity index (χ4n) is 4.16. The minimum Gasteiger partial charge on any atom is -0.497 e. The first-order valence-corrected chi connectivity index (χ1v) is 12.7. The third-order valence-electron chi connectivity index (χ3n) is 5.96. The molecule has 0 fully saturated rings. The SMILES string of the molecule is COc1cccc(-c2ccc(-c3nccc4cc(S(=O)(=O)Cc5ccncn5)ccc34)c(C)c2)c1. The number of methoxy groups -OCH3 is 1. The maximum Gasteiger partial charge on any atom is 0.184 e. The zero-order valence-electron chi connectivity index (χ0n) is 19.3. The van der Waals surface area contributed by atoms with Crippen LogP contribution < -0.4 is 4.74 Å². The molecular weight excluding hydrogens is 458 g/mol. The number of rotatable bonds is 6. The third kappa shape index (κ3) is 4.63. The van der Waals surface area contributed by atoms with E-state index in [1.807, 2.05) is 30.3 Å². The van der Waals surface area contributed by atoms with Gasteiger partial charge in [0.05, 0.1) is 29.1 Å². The maximum absolute atomic E-state index is 13.0. The Bertz CT molecular complexity index is 1630. The van der Waals surface area contributed by atoms with Crippen molar-refractivity contribution in [3.8, 4) is 28.1 Å². The Morgan fingerprint density at radius 1 is 0.857 bits per heavy atom. The smallest absolute Gasteiger partial charge is 0.184 e. The molecule has 5 rings (SSSR count). The average Bonchev–Trinajstić information content (AvgIpc) is 2.88. The lowest BCUT2D eigenvalue weighted by atomic mass is 9.96. The van der Waals surface area contributed by atoms with Crippen LogP contribution in [0.15, 0.2) is 96.4 Å². The zero-order valence-corrected chi connectivity index (χ0v) is 20.2. The van der Waals surface area contributed by atoms with Crippen LogP contribution in [-0.4, -0.2) is 30.5 Å². The monoisotopic (exact) mass is 481 g/mol. The molecule has 0 bridgehead atoms. The van der Waals surface area contributed by atoms with Crippen molar-refractivity contribution in [2.75, 3.05) is 7.11 Å². The van der Waals surface area contributed by atoms with Gasteiger partial charge < -0.3 is 4.74 Å². The number of nitrogens with zero attached hydrogens (tertiary/aromatic N) is 3. The van der Waals surface area contributed by atoms with Gasteiger partial charge in [-0.1, -0.05) is 36.4 Å². The summed E-state index contributed by atoms with van der Waals surface area (Å²) in [4.78, 5) is 12.8. The minimum absolute atomic E-state index is 0.177. The molecule has 35 heavy (non-hydrogen) atoms. The summed E-state index contributed by atoms with van der Waals surface area (Å²) < 4.78 is 31.3. The van der Waals surface area contributed by atoms with Gasteiger partial charge in [0.2, 0.25) is 0 Å². The minimum atomic E-state index is -3.55. The molecule has 0 aliphatic heterocycles. The molecule has 0 radical (unpaired) electrons. The molecule has 174 valence electrons. The van der Waals surface area contributed by atoms with E-state index in [4.69, 9.17) is 4.74 Å². The van der Waals surface area contributed by atoms with Crippen molar-refractivity contribution in [1.82, 2.24) is 15.0 Å². The lowest BCUT2D eigenvalue weighted by Crippen LogP contribution is -2.06. The van der Waals surface area contributed by atoms with E-state index in [0.29, 0.717) is 5.69 Å². The van der Waals surface area contributed by atoms with Crippen LogP contribution in [0.2, 0.25) is 0 Å². The van der Waals surface area contributed by atoms with Gasteiger partial charge in [-0.3, -0.25) is 4.98 Å². The van der Waals surface area contributed by atoms with Crippen molar-refractivity contribution < 1.29 is 13.2 Å². The summed E-state index contributed by atoms with van der Waals surface area (Å²) in [6, 6.07) is 22.8. The quantitative estimate of drug-likeness (QED) is 0.312. The predicted molar refractivity (Wildman–Crippen MR) is 137 cm³/mol. The van der Waals surface area contributed by atoms with Crippen LogP contribution in [0.3, 0.4) is 0 Å². The van der Waals surface area contributed by atoms with E-state index in [1.165, 1.54) is 12.5 Å². The van der Waals surface area contributed by atoms with Crippen molar-refractivity contribution in [2.45, 2.75) is 17.6 Å². The summed E-state index contributed by atoms with van der Waals surface area (Å²) in [5, 5.41) is 1.71. The number of hydrogen-bond acceptors (Lipinski definition) is 6. The van der Waals surface area contributed by atoms with Crippen LogP contribution in [0, 0.1) is 6.92 Å². The highest BCUT2D eigenvalue weighted by atomic mass is 32.2. The van der Waals surface area contributed by atoms with Gasteiger partial charge >= 0.3 is 0 Å². The Hall–Kier alpha value is -4.10. The first kappa shape index (κ1) is 22.7. The van der Waals surface area contributed by atoms with E-state index >= 15 is 0 Å². The molecule has 0 amide bonds. The maximum atomic E-state index is 13.0. The average molecular weight is 482 g/mol. The second kappa shape index (κ2) is 9.27. The molecule has 7 heteroatoms. The summed E-state index contributed by atoms with van der Waals surface area (Å²) in [5.41, 5.74) is 5.51. The van der Waals surface area contributed by atoms with E-state index in [0.717, 1.165) is 44.5 Å². The van der Waals surface area contributed by atoms with Crippen molar-refractivity contribution in [3.05, 3.63) is 103 Å². The van der Waals surface area contributed by atoms with Crippen molar-refractivity contribution >= 4 is 20.6 Å². The van der Waals surface area contributed by atoms with E-state index < -0.39 is 9.84 Å². The number of aromatic nitrogens is 3. The molecule has 0 saturated carbocycles. The Balaban J connectivity index is 1.52. The number of hydrogen-bond donors (Lipinski definition) is 0. The van der Waals surface area contributed by atoms with Crippen molar-refractivity contribution in [1.29, 1.82) is 0 Å². The molecule has 0 atom stereocenters. The number of ether oxygens (including phenoxy) is 1. The zero-order chi connectivity index (χ0) is 24.4. The number of aryl methyl sites for hydroxylation is 1. The predicted octanol–water partition coefficient (Wildman–Crippen LogP) is 5.65. The number of fused-ring (bicyclic) bond motifs is 1. The fraction of sp³-hybridized carbons (Fsp3) is 0.107. The molecule has 6 nitrogen and oxygen atoms in total.